The van der Waals surface area contributed by atoms with E-state index in [1.807, 2.05) is 6.92 Å². The van der Waals surface area contributed by atoms with Crippen molar-refractivity contribution in [2.45, 2.75) is 26.2 Å². The first kappa shape index (κ1) is 18.2. The van der Waals surface area contributed by atoms with Crippen molar-refractivity contribution in [3.63, 3.8) is 0 Å². The van der Waals surface area contributed by atoms with Gasteiger partial charge >= 0.3 is 0 Å². The number of hydrogen-bond acceptors (Lipinski definition) is 0. The summed E-state index contributed by atoms with van der Waals surface area (Å²) < 4.78 is 1.27. The molecule has 0 N–H and O–H groups in total. The van der Waals surface area contributed by atoms with E-state index in [1.165, 1.54) is 42.2 Å². The van der Waals surface area contributed by atoms with E-state index in [2.05, 4.69) is 121 Å². The standard InChI is InChI=1S/C26H23I/c1-4-5-6-7-22-17-26(2,3)25-16-21(11-13-24(22)25)18-8-9-20-15-23(27)12-10-19(20)14-18/h4-17H,1-3H3/b5-4-,7-6-. The van der Waals surface area contributed by atoms with Gasteiger partial charge in [-0.15, -0.1) is 0 Å². The van der Waals surface area contributed by atoms with Crippen LogP contribution < -0.4 is 0 Å². The van der Waals surface area contributed by atoms with Gasteiger partial charge in [0.15, 0.2) is 0 Å². The lowest BCUT2D eigenvalue weighted by Gasteiger charge is -2.18. The quantitative estimate of drug-likeness (QED) is 0.274. The molecule has 3 aromatic carbocycles. The molecule has 1 aliphatic carbocycles. The minimum Gasteiger partial charge on any atom is -0.0877 e. The Morgan fingerprint density at radius 3 is 2.33 bits per heavy atom. The first-order valence-corrected chi connectivity index (χ1v) is 10.4. The van der Waals surface area contributed by atoms with Crippen molar-refractivity contribution in [1.29, 1.82) is 0 Å². The Morgan fingerprint density at radius 1 is 0.815 bits per heavy atom. The highest BCUT2D eigenvalue weighted by molar-refractivity contribution is 14.1. The molecule has 27 heavy (non-hydrogen) atoms. The molecular weight excluding hydrogens is 439 g/mol. The second-order valence-corrected chi connectivity index (χ2v) is 8.92. The predicted molar refractivity (Wildman–Crippen MR) is 127 cm³/mol. The molecule has 3 aromatic rings. The fraction of sp³-hybridized carbons (Fsp3) is 0.154. The Bertz CT molecular complexity index is 1110. The van der Waals surface area contributed by atoms with Crippen LogP contribution in [0.3, 0.4) is 0 Å². The summed E-state index contributed by atoms with van der Waals surface area (Å²) >= 11 is 2.37. The Kier molecular flexibility index (Phi) is 4.81. The van der Waals surface area contributed by atoms with Crippen LogP contribution in [0, 0.1) is 3.57 Å². The lowest BCUT2D eigenvalue weighted by atomic mass is 9.85. The molecule has 0 saturated heterocycles. The van der Waals surface area contributed by atoms with Gasteiger partial charge in [-0.05, 0) is 92.4 Å². The number of halogens is 1. The fourth-order valence-corrected chi connectivity index (χ4v) is 4.37. The molecule has 0 amide bonds. The average molecular weight is 462 g/mol. The van der Waals surface area contributed by atoms with Crippen LogP contribution in [0.15, 0.2) is 85.0 Å². The molecular formula is C26H23I. The van der Waals surface area contributed by atoms with Gasteiger partial charge in [0.2, 0.25) is 0 Å². The maximum Gasteiger partial charge on any atom is 0.0136 e. The van der Waals surface area contributed by atoms with Crippen molar-refractivity contribution in [3.8, 4) is 11.1 Å². The maximum atomic E-state index is 2.38. The van der Waals surface area contributed by atoms with Crippen molar-refractivity contribution in [2.24, 2.45) is 0 Å². The second-order valence-electron chi connectivity index (χ2n) is 7.67. The Labute approximate surface area is 175 Å². The molecule has 0 bridgehead atoms. The number of allylic oxidation sites excluding steroid dienone is 6. The smallest absolute Gasteiger partial charge is 0.0136 e. The summed E-state index contributed by atoms with van der Waals surface area (Å²) in [6.07, 6.45) is 10.8. The second kappa shape index (κ2) is 7.12. The molecule has 0 aliphatic heterocycles. The molecule has 0 heterocycles. The van der Waals surface area contributed by atoms with Crippen LogP contribution in [0.1, 0.15) is 31.9 Å². The number of benzene rings is 3. The van der Waals surface area contributed by atoms with E-state index in [0.29, 0.717) is 0 Å². The summed E-state index contributed by atoms with van der Waals surface area (Å²) in [4.78, 5) is 0. The monoisotopic (exact) mass is 462 g/mol. The van der Waals surface area contributed by atoms with Crippen molar-refractivity contribution >= 4 is 38.9 Å². The molecule has 0 aromatic heterocycles. The molecule has 134 valence electrons. The summed E-state index contributed by atoms with van der Waals surface area (Å²) in [7, 11) is 0. The van der Waals surface area contributed by atoms with Crippen LogP contribution in [0.4, 0.5) is 0 Å². The van der Waals surface area contributed by atoms with Gasteiger partial charge in [0.25, 0.3) is 0 Å². The molecule has 0 unspecified atom stereocenters. The SMILES string of the molecule is C/C=C\C=C/C1=CC(C)(C)c2cc(-c3ccc4cc(I)ccc4c3)ccc21. The third-order valence-electron chi connectivity index (χ3n) is 5.26. The van der Waals surface area contributed by atoms with E-state index < -0.39 is 0 Å². The topological polar surface area (TPSA) is 0 Å². The Hall–Kier alpha value is -2.13. The van der Waals surface area contributed by atoms with Crippen LogP contribution >= 0.6 is 22.6 Å². The van der Waals surface area contributed by atoms with Gasteiger partial charge in [0.05, 0.1) is 0 Å². The van der Waals surface area contributed by atoms with E-state index in [9.17, 15) is 0 Å². The third-order valence-corrected chi connectivity index (χ3v) is 5.93. The molecule has 0 radical (unpaired) electrons. The van der Waals surface area contributed by atoms with Crippen molar-refractivity contribution in [2.75, 3.05) is 0 Å². The minimum atomic E-state index is 0.0495. The zero-order valence-electron chi connectivity index (χ0n) is 16.0. The van der Waals surface area contributed by atoms with Gasteiger partial charge in [-0.25, -0.2) is 0 Å². The van der Waals surface area contributed by atoms with Crippen LogP contribution in [0.2, 0.25) is 0 Å². The zero-order valence-corrected chi connectivity index (χ0v) is 18.1. The highest BCUT2D eigenvalue weighted by Gasteiger charge is 2.29. The Morgan fingerprint density at radius 2 is 1.52 bits per heavy atom. The molecule has 0 saturated carbocycles. The molecule has 0 nitrogen and oxygen atoms in total. The summed E-state index contributed by atoms with van der Waals surface area (Å²) in [5.41, 5.74) is 6.68. The van der Waals surface area contributed by atoms with E-state index in [-0.39, 0.29) is 5.41 Å². The molecule has 1 heteroatoms. The van der Waals surface area contributed by atoms with Crippen LogP contribution in [0.25, 0.3) is 27.5 Å². The van der Waals surface area contributed by atoms with Crippen LogP contribution in [-0.4, -0.2) is 0 Å². The number of rotatable bonds is 3. The van der Waals surface area contributed by atoms with Crippen molar-refractivity contribution < 1.29 is 0 Å². The first-order valence-electron chi connectivity index (χ1n) is 9.35. The summed E-state index contributed by atoms with van der Waals surface area (Å²) in [5.74, 6) is 0. The lowest BCUT2D eigenvalue weighted by molar-refractivity contribution is 0.683. The van der Waals surface area contributed by atoms with Gasteiger partial charge < -0.3 is 0 Å². The van der Waals surface area contributed by atoms with Crippen molar-refractivity contribution in [1.82, 2.24) is 0 Å². The fourth-order valence-electron chi connectivity index (χ4n) is 3.86. The van der Waals surface area contributed by atoms with Gasteiger partial charge in [-0.1, -0.05) is 74.6 Å². The van der Waals surface area contributed by atoms with Gasteiger partial charge in [-0.3, -0.25) is 0 Å². The minimum absolute atomic E-state index is 0.0495. The van der Waals surface area contributed by atoms with E-state index >= 15 is 0 Å². The summed E-state index contributed by atoms with van der Waals surface area (Å²) in [5, 5.41) is 2.59. The molecule has 0 atom stereocenters. The normalized spacial score (nSPS) is 15.6. The van der Waals surface area contributed by atoms with Crippen LogP contribution in [0.5, 0.6) is 0 Å². The summed E-state index contributed by atoms with van der Waals surface area (Å²) in [6.45, 7) is 6.64. The molecule has 1 aliphatic rings. The largest absolute Gasteiger partial charge is 0.0877 e. The van der Waals surface area contributed by atoms with Gasteiger partial charge in [0, 0.05) is 8.99 Å². The Balaban J connectivity index is 1.77. The highest BCUT2D eigenvalue weighted by Crippen LogP contribution is 2.42. The predicted octanol–water partition coefficient (Wildman–Crippen LogP) is 7.92. The van der Waals surface area contributed by atoms with E-state index in [0.717, 1.165) is 0 Å². The lowest BCUT2D eigenvalue weighted by Crippen LogP contribution is -2.10. The van der Waals surface area contributed by atoms with E-state index in [4.69, 9.17) is 0 Å². The maximum absolute atomic E-state index is 2.38. The zero-order chi connectivity index (χ0) is 19.0. The number of fused-ring (bicyclic) bond motifs is 2. The van der Waals surface area contributed by atoms with E-state index in [1.54, 1.807) is 0 Å². The molecule has 0 spiro atoms. The average Bonchev–Trinajstić information content (AvgIpc) is 2.91. The third kappa shape index (κ3) is 3.53. The van der Waals surface area contributed by atoms with Gasteiger partial charge in [0.1, 0.15) is 0 Å². The van der Waals surface area contributed by atoms with Crippen molar-refractivity contribution in [3.05, 3.63) is 99.7 Å². The first-order chi connectivity index (χ1) is 13.0. The van der Waals surface area contributed by atoms with Gasteiger partial charge in [-0.2, -0.15) is 0 Å². The number of hydrogen-bond donors (Lipinski definition) is 0. The molecule has 0 fully saturated rings. The highest BCUT2D eigenvalue weighted by atomic mass is 127. The summed E-state index contributed by atoms with van der Waals surface area (Å²) in [6, 6.07) is 20.3. The molecule has 4 rings (SSSR count). The van der Waals surface area contributed by atoms with Crippen LogP contribution in [-0.2, 0) is 5.41 Å².